The Labute approximate surface area is 115 Å². The molecule has 1 rings (SSSR count). The first-order valence-electron chi connectivity index (χ1n) is 6.26. The van der Waals surface area contributed by atoms with E-state index in [2.05, 4.69) is 10.0 Å². The molecule has 0 aromatic heterocycles. The van der Waals surface area contributed by atoms with Crippen LogP contribution in [0, 0.1) is 0 Å². The number of hydrogen-bond acceptors (Lipinski definition) is 6. The molecule has 0 bridgehead atoms. The number of sulfone groups is 1. The van der Waals surface area contributed by atoms with Crippen molar-refractivity contribution in [3.8, 4) is 0 Å². The van der Waals surface area contributed by atoms with E-state index in [0.717, 1.165) is 32.2 Å². The number of nitrogens with one attached hydrogen (secondary N) is 2. The van der Waals surface area contributed by atoms with E-state index in [9.17, 15) is 16.8 Å². The van der Waals surface area contributed by atoms with Gasteiger partial charge in [-0.05, 0) is 32.4 Å². The lowest BCUT2D eigenvalue weighted by molar-refractivity contribution is 0.0322. The molecule has 0 aromatic carbocycles. The molecule has 1 heterocycles. The molecule has 0 atom stereocenters. The highest BCUT2D eigenvalue weighted by molar-refractivity contribution is 8.06. The van der Waals surface area contributed by atoms with Gasteiger partial charge >= 0.3 is 0 Å². The van der Waals surface area contributed by atoms with Gasteiger partial charge in [0.15, 0.2) is 14.9 Å². The Morgan fingerprint density at radius 3 is 2.42 bits per heavy atom. The fraction of sp³-hybridized carbons (Fsp3) is 1.00. The fourth-order valence-corrected chi connectivity index (χ4v) is 4.88. The van der Waals surface area contributed by atoms with Crippen LogP contribution in [0.15, 0.2) is 0 Å². The normalized spacial score (nSPS) is 18.6. The van der Waals surface area contributed by atoms with Gasteiger partial charge in [-0.15, -0.1) is 0 Å². The molecule has 9 heteroatoms. The Morgan fingerprint density at radius 1 is 1.21 bits per heavy atom. The molecule has 1 saturated heterocycles. The summed E-state index contributed by atoms with van der Waals surface area (Å²) in [4.78, 5) is 0. The van der Waals surface area contributed by atoms with Crippen molar-refractivity contribution in [2.24, 2.45) is 0 Å². The predicted molar refractivity (Wildman–Crippen MR) is 73.1 cm³/mol. The number of piperidine rings is 1. The van der Waals surface area contributed by atoms with Gasteiger partial charge in [-0.3, -0.25) is 0 Å². The minimum absolute atomic E-state index is 0.197. The lowest BCUT2D eigenvalue weighted by Crippen LogP contribution is -2.33. The van der Waals surface area contributed by atoms with Crippen LogP contribution in [0.1, 0.15) is 19.3 Å². The first-order chi connectivity index (χ1) is 8.79. The lowest BCUT2D eigenvalue weighted by atomic mass is 10.1. The van der Waals surface area contributed by atoms with Crippen molar-refractivity contribution in [3.05, 3.63) is 0 Å². The Bertz CT molecular complexity index is 454. The first-order valence-corrected chi connectivity index (χ1v) is 9.97. The Kier molecular flexibility index (Phi) is 6.67. The smallest absolute Gasteiger partial charge is 0.226 e. The molecule has 0 spiro atoms. The van der Waals surface area contributed by atoms with Crippen LogP contribution in [-0.4, -0.2) is 60.5 Å². The van der Waals surface area contributed by atoms with Crippen LogP contribution >= 0.6 is 0 Å². The second kappa shape index (κ2) is 7.53. The van der Waals surface area contributed by atoms with Gasteiger partial charge in [-0.1, -0.05) is 0 Å². The Hall–Kier alpha value is -0.220. The summed E-state index contributed by atoms with van der Waals surface area (Å²) >= 11 is 0. The molecule has 2 N–H and O–H groups in total. The molecule has 0 aliphatic carbocycles. The van der Waals surface area contributed by atoms with E-state index in [0.29, 0.717) is 13.0 Å². The van der Waals surface area contributed by atoms with E-state index in [1.54, 1.807) is 0 Å². The van der Waals surface area contributed by atoms with Crippen LogP contribution in [-0.2, 0) is 24.6 Å². The highest BCUT2D eigenvalue weighted by Crippen LogP contribution is 2.07. The third kappa shape index (κ3) is 8.53. The monoisotopic (exact) mass is 314 g/mol. The minimum Gasteiger partial charge on any atom is -0.378 e. The average molecular weight is 314 g/mol. The maximum Gasteiger partial charge on any atom is 0.226 e. The highest BCUT2D eigenvalue weighted by Gasteiger charge is 2.17. The number of sulfonamides is 1. The molecule has 0 aromatic rings. The largest absolute Gasteiger partial charge is 0.378 e. The van der Waals surface area contributed by atoms with E-state index < -0.39 is 24.9 Å². The summed E-state index contributed by atoms with van der Waals surface area (Å²) in [6, 6.07) is 0. The predicted octanol–water partition coefficient (Wildman–Crippen LogP) is -0.933. The van der Waals surface area contributed by atoms with Gasteiger partial charge in [0.1, 0.15) is 0 Å². The second-order valence-electron chi connectivity index (χ2n) is 4.73. The SMILES string of the molecule is CS(=O)(=O)CS(=O)(=O)NCCCOC1CCNCC1. The molecule has 19 heavy (non-hydrogen) atoms. The summed E-state index contributed by atoms with van der Waals surface area (Å²) in [5.74, 6) is 0. The van der Waals surface area contributed by atoms with Crippen LogP contribution in [0.2, 0.25) is 0 Å². The van der Waals surface area contributed by atoms with Crippen molar-refractivity contribution in [3.63, 3.8) is 0 Å². The standard InChI is InChI=1S/C10H22N2O5S2/c1-18(13,14)9-19(15,16)12-5-2-8-17-10-3-6-11-7-4-10/h10-12H,2-9H2,1H3. The van der Waals surface area contributed by atoms with Gasteiger partial charge < -0.3 is 10.1 Å². The maximum absolute atomic E-state index is 11.4. The zero-order chi connectivity index (χ0) is 14.4. The van der Waals surface area contributed by atoms with Crippen molar-refractivity contribution in [1.82, 2.24) is 10.0 Å². The molecule has 114 valence electrons. The molecule has 0 amide bonds. The van der Waals surface area contributed by atoms with Gasteiger partial charge in [0.2, 0.25) is 10.0 Å². The summed E-state index contributed by atoms with van der Waals surface area (Å²) in [7, 11) is -7.28. The second-order valence-corrected chi connectivity index (χ2v) is 9.04. The topological polar surface area (TPSA) is 102 Å². The molecule has 0 saturated carbocycles. The third-order valence-corrected chi connectivity index (χ3v) is 6.25. The Balaban J connectivity index is 2.13. The van der Waals surface area contributed by atoms with Crippen molar-refractivity contribution in [2.45, 2.75) is 25.4 Å². The zero-order valence-corrected chi connectivity index (χ0v) is 12.7. The summed E-state index contributed by atoms with van der Waals surface area (Å²) in [6.45, 7) is 2.58. The molecule has 0 radical (unpaired) electrons. The summed E-state index contributed by atoms with van der Waals surface area (Å²) in [5.41, 5.74) is 0. The Morgan fingerprint density at radius 2 is 1.84 bits per heavy atom. The maximum atomic E-state index is 11.4. The van der Waals surface area contributed by atoms with Crippen molar-refractivity contribution in [1.29, 1.82) is 0 Å². The van der Waals surface area contributed by atoms with Gasteiger partial charge in [-0.25, -0.2) is 21.6 Å². The van der Waals surface area contributed by atoms with Crippen LogP contribution < -0.4 is 10.0 Å². The molecular formula is C10H22N2O5S2. The number of ether oxygens (including phenoxy) is 1. The van der Waals surface area contributed by atoms with Gasteiger partial charge in [0, 0.05) is 19.4 Å². The summed E-state index contributed by atoms with van der Waals surface area (Å²) in [5, 5.41) is 2.36. The average Bonchev–Trinajstić information content (AvgIpc) is 2.26. The third-order valence-electron chi connectivity index (χ3n) is 2.65. The van der Waals surface area contributed by atoms with Crippen molar-refractivity contribution < 1.29 is 21.6 Å². The van der Waals surface area contributed by atoms with Gasteiger partial charge in [0.25, 0.3) is 0 Å². The van der Waals surface area contributed by atoms with Gasteiger partial charge in [0.05, 0.1) is 6.10 Å². The highest BCUT2D eigenvalue weighted by atomic mass is 32.3. The van der Waals surface area contributed by atoms with Crippen LogP contribution in [0.5, 0.6) is 0 Å². The van der Waals surface area contributed by atoms with E-state index in [-0.39, 0.29) is 12.6 Å². The fourth-order valence-electron chi connectivity index (χ4n) is 1.84. The van der Waals surface area contributed by atoms with Crippen molar-refractivity contribution in [2.75, 3.05) is 37.6 Å². The van der Waals surface area contributed by atoms with Crippen molar-refractivity contribution >= 4 is 19.9 Å². The molecule has 1 aliphatic heterocycles. The van der Waals surface area contributed by atoms with Crippen LogP contribution in [0.3, 0.4) is 0 Å². The van der Waals surface area contributed by atoms with E-state index >= 15 is 0 Å². The summed E-state index contributed by atoms with van der Waals surface area (Å²) in [6.07, 6.45) is 3.62. The van der Waals surface area contributed by atoms with E-state index in [4.69, 9.17) is 4.74 Å². The minimum atomic E-state index is -3.75. The van der Waals surface area contributed by atoms with Gasteiger partial charge in [-0.2, -0.15) is 0 Å². The van der Waals surface area contributed by atoms with Crippen LogP contribution in [0.25, 0.3) is 0 Å². The first kappa shape index (κ1) is 16.8. The molecule has 7 nitrogen and oxygen atoms in total. The summed E-state index contributed by atoms with van der Waals surface area (Å²) < 4.78 is 52.4. The molecule has 1 aliphatic rings. The van der Waals surface area contributed by atoms with E-state index in [1.807, 2.05) is 0 Å². The molecule has 1 fully saturated rings. The number of rotatable bonds is 8. The molecular weight excluding hydrogens is 292 g/mol. The number of hydrogen-bond donors (Lipinski definition) is 2. The van der Waals surface area contributed by atoms with Crippen LogP contribution in [0.4, 0.5) is 0 Å². The quantitative estimate of drug-likeness (QED) is 0.561. The zero-order valence-electron chi connectivity index (χ0n) is 11.1. The van der Waals surface area contributed by atoms with E-state index in [1.165, 1.54) is 0 Å². The molecule has 0 unspecified atom stereocenters. The lowest BCUT2D eigenvalue weighted by Gasteiger charge is -2.22.